The first kappa shape index (κ1) is 26.0. The van der Waals surface area contributed by atoms with Crippen molar-refractivity contribution in [3.05, 3.63) is 29.3 Å². The number of halogens is 3. The molecule has 9 heteroatoms. The van der Waals surface area contributed by atoms with Crippen LogP contribution in [0.4, 0.5) is 18.9 Å². The molecule has 1 aliphatic carbocycles. The molecule has 2 atom stereocenters. The van der Waals surface area contributed by atoms with Crippen molar-refractivity contribution in [3.63, 3.8) is 0 Å². The van der Waals surface area contributed by atoms with Crippen molar-refractivity contribution in [1.82, 2.24) is 0 Å². The zero-order chi connectivity index (χ0) is 25.0. The average molecular weight is 484 g/mol. The normalized spacial score (nSPS) is 24.8. The number of carbonyl (C=O) groups excluding carboxylic acids is 3. The number of esters is 2. The third-order valence-corrected chi connectivity index (χ3v) is 6.79. The summed E-state index contributed by atoms with van der Waals surface area (Å²) in [6.45, 7) is 5.23. The Bertz CT molecular complexity index is 908. The lowest BCUT2D eigenvalue weighted by Crippen LogP contribution is -2.48. The van der Waals surface area contributed by atoms with E-state index in [2.05, 4.69) is 0 Å². The Morgan fingerprint density at radius 1 is 1.09 bits per heavy atom. The van der Waals surface area contributed by atoms with E-state index in [1.807, 2.05) is 6.92 Å². The van der Waals surface area contributed by atoms with E-state index in [0.717, 1.165) is 25.0 Å². The van der Waals surface area contributed by atoms with E-state index in [0.29, 0.717) is 38.0 Å². The highest BCUT2D eigenvalue weighted by atomic mass is 19.4. The van der Waals surface area contributed by atoms with Crippen LogP contribution in [0.25, 0.3) is 0 Å². The number of alkyl halides is 3. The molecule has 0 radical (unpaired) electrons. The minimum Gasteiger partial charge on any atom is -0.466 e. The smallest absolute Gasteiger partial charge is 0.416 e. The molecule has 34 heavy (non-hydrogen) atoms. The van der Waals surface area contributed by atoms with Crippen LogP contribution >= 0.6 is 0 Å². The van der Waals surface area contributed by atoms with Gasteiger partial charge in [0.05, 0.1) is 17.9 Å². The summed E-state index contributed by atoms with van der Waals surface area (Å²) in [6.07, 6.45) is -1.59. The number of anilines is 1. The van der Waals surface area contributed by atoms with Gasteiger partial charge in [-0.1, -0.05) is 6.92 Å². The first-order chi connectivity index (χ1) is 16.0. The quantitative estimate of drug-likeness (QED) is 0.494. The topological polar surface area (TPSA) is 72.9 Å². The summed E-state index contributed by atoms with van der Waals surface area (Å²) in [5.41, 5.74) is -0.264. The Labute approximate surface area is 197 Å². The van der Waals surface area contributed by atoms with Crippen LogP contribution in [-0.2, 0) is 30.0 Å². The van der Waals surface area contributed by atoms with Gasteiger partial charge in [0.1, 0.15) is 6.10 Å². The van der Waals surface area contributed by atoms with E-state index in [9.17, 15) is 27.6 Å². The molecule has 0 unspecified atom stereocenters. The molecule has 1 saturated carbocycles. The van der Waals surface area contributed by atoms with E-state index >= 15 is 0 Å². The molecule has 0 bridgehead atoms. The van der Waals surface area contributed by atoms with Crippen molar-refractivity contribution >= 4 is 23.5 Å². The fourth-order valence-electron chi connectivity index (χ4n) is 5.11. The van der Waals surface area contributed by atoms with E-state index in [4.69, 9.17) is 9.47 Å². The molecule has 1 heterocycles. The summed E-state index contributed by atoms with van der Waals surface area (Å²) in [5, 5.41) is 0. The average Bonchev–Trinajstić information content (AvgIpc) is 2.77. The molecule has 1 aromatic rings. The number of hydrogen-bond acceptors (Lipinski definition) is 5. The number of nitrogens with zero attached hydrogens (tertiary/aromatic N) is 1. The van der Waals surface area contributed by atoms with Crippen molar-refractivity contribution in [3.8, 4) is 0 Å². The fraction of sp³-hybridized carbons (Fsp3) is 0.640. The molecule has 0 spiro atoms. The number of carbonyl (C=O) groups is 3. The molecule has 1 fully saturated rings. The Balaban J connectivity index is 1.85. The van der Waals surface area contributed by atoms with Gasteiger partial charge in [0.15, 0.2) is 0 Å². The SMILES string of the molecule is CCOC(=O)CC1CCC(C(=O)N2c3ccc(C(F)(F)F)cc3[C@H](OC(C)=O)C[C@H]2CC)CC1. The third kappa shape index (κ3) is 5.91. The highest BCUT2D eigenvalue weighted by Gasteiger charge is 2.41. The number of amides is 1. The van der Waals surface area contributed by atoms with Gasteiger partial charge in [-0.2, -0.15) is 13.2 Å². The maximum atomic E-state index is 13.6. The van der Waals surface area contributed by atoms with Crippen LogP contribution in [0.15, 0.2) is 18.2 Å². The summed E-state index contributed by atoms with van der Waals surface area (Å²) in [4.78, 5) is 38.7. The lowest BCUT2D eigenvalue weighted by Gasteiger charge is -2.42. The van der Waals surface area contributed by atoms with Gasteiger partial charge in [0.2, 0.25) is 5.91 Å². The lowest BCUT2D eigenvalue weighted by atomic mass is 9.79. The molecule has 1 aliphatic heterocycles. The Morgan fingerprint density at radius 2 is 1.76 bits per heavy atom. The van der Waals surface area contributed by atoms with Crippen molar-refractivity contribution in [1.29, 1.82) is 0 Å². The predicted octanol–water partition coefficient (Wildman–Crippen LogP) is 5.58. The number of ether oxygens (including phenoxy) is 2. The standard InChI is InChI=1S/C25H32F3NO5/c1-4-19-14-22(34-15(3)30)20-13-18(25(26,27)28)10-11-21(20)29(19)24(32)17-8-6-16(7-9-17)12-23(31)33-5-2/h10-11,13,16-17,19,22H,4-9,12,14H2,1-3H3/t16?,17?,19-,22-/m1/s1. The summed E-state index contributed by atoms with van der Waals surface area (Å²) in [7, 11) is 0. The number of fused-ring (bicyclic) bond motifs is 1. The van der Waals surface area contributed by atoms with E-state index < -0.39 is 23.8 Å². The zero-order valence-corrected chi connectivity index (χ0v) is 19.8. The van der Waals surface area contributed by atoms with Gasteiger partial charge in [-0.25, -0.2) is 0 Å². The zero-order valence-electron chi connectivity index (χ0n) is 19.8. The van der Waals surface area contributed by atoms with Crippen LogP contribution in [0.3, 0.4) is 0 Å². The lowest BCUT2D eigenvalue weighted by molar-refractivity contribution is -0.147. The molecule has 188 valence electrons. The summed E-state index contributed by atoms with van der Waals surface area (Å²) >= 11 is 0. The van der Waals surface area contributed by atoms with Gasteiger partial charge < -0.3 is 14.4 Å². The van der Waals surface area contributed by atoms with Gasteiger partial charge >= 0.3 is 18.1 Å². The molecule has 0 saturated heterocycles. The first-order valence-electron chi connectivity index (χ1n) is 11.9. The maximum Gasteiger partial charge on any atom is 0.416 e. The van der Waals surface area contributed by atoms with Gasteiger partial charge in [-0.15, -0.1) is 0 Å². The first-order valence-corrected chi connectivity index (χ1v) is 11.9. The second-order valence-corrected chi connectivity index (χ2v) is 9.10. The highest BCUT2D eigenvalue weighted by Crippen LogP contribution is 2.44. The molecule has 2 aliphatic rings. The second-order valence-electron chi connectivity index (χ2n) is 9.10. The van der Waals surface area contributed by atoms with Crippen molar-refractivity contribution in [2.24, 2.45) is 11.8 Å². The molecule has 0 aromatic heterocycles. The van der Waals surface area contributed by atoms with Crippen LogP contribution in [0.2, 0.25) is 0 Å². The van der Waals surface area contributed by atoms with E-state index in [-0.39, 0.29) is 41.7 Å². The van der Waals surface area contributed by atoms with Gasteiger partial charge in [0.25, 0.3) is 0 Å². The Hall–Kier alpha value is -2.58. The number of benzene rings is 1. The van der Waals surface area contributed by atoms with Crippen LogP contribution < -0.4 is 4.90 Å². The molecule has 1 aromatic carbocycles. The minimum absolute atomic E-state index is 0.122. The summed E-state index contributed by atoms with van der Waals surface area (Å²) in [6, 6.07) is 2.99. The van der Waals surface area contributed by atoms with E-state index in [1.54, 1.807) is 11.8 Å². The van der Waals surface area contributed by atoms with Crippen molar-refractivity contribution < 1.29 is 37.0 Å². The summed E-state index contributed by atoms with van der Waals surface area (Å²) in [5.74, 6) is -1.04. The van der Waals surface area contributed by atoms with E-state index in [1.165, 1.54) is 13.0 Å². The molecular weight excluding hydrogens is 451 g/mol. The molecule has 1 amide bonds. The Morgan fingerprint density at radius 3 is 2.32 bits per heavy atom. The molecular formula is C25H32F3NO5. The molecule has 0 N–H and O–H groups in total. The largest absolute Gasteiger partial charge is 0.466 e. The van der Waals surface area contributed by atoms with Gasteiger partial charge in [-0.05, 0) is 63.1 Å². The van der Waals surface area contributed by atoms with Crippen molar-refractivity contribution in [2.75, 3.05) is 11.5 Å². The monoisotopic (exact) mass is 483 g/mol. The van der Waals surface area contributed by atoms with Crippen molar-refractivity contribution in [2.45, 2.75) is 84.0 Å². The predicted molar refractivity (Wildman–Crippen MR) is 119 cm³/mol. The van der Waals surface area contributed by atoms with Gasteiger partial charge in [-0.3, -0.25) is 14.4 Å². The Kier molecular flexibility index (Phi) is 8.25. The molecule has 3 rings (SSSR count). The number of hydrogen-bond donors (Lipinski definition) is 0. The van der Waals surface area contributed by atoms with Crippen LogP contribution in [0.1, 0.15) is 82.9 Å². The summed E-state index contributed by atoms with van der Waals surface area (Å²) < 4.78 is 50.6. The minimum atomic E-state index is -4.55. The van der Waals surface area contributed by atoms with Crippen LogP contribution in [0, 0.1) is 11.8 Å². The molecule has 6 nitrogen and oxygen atoms in total. The van der Waals surface area contributed by atoms with Crippen LogP contribution in [0.5, 0.6) is 0 Å². The number of rotatable bonds is 6. The van der Waals surface area contributed by atoms with Crippen LogP contribution in [-0.4, -0.2) is 30.5 Å². The highest BCUT2D eigenvalue weighted by molar-refractivity contribution is 5.97. The third-order valence-electron chi connectivity index (χ3n) is 6.79. The fourth-order valence-corrected chi connectivity index (χ4v) is 5.11. The maximum absolute atomic E-state index is 13.6. The van der Waals surface area contributed by atoms with Gasteiger partial charge in [0, 0.05) is 37.3 Å². The second kappa shape index (κ2) is 10.8.